The normalized spacial score (nSPS) is 10.8. The second-order valence-electron chi connectivity index (χ2n) is 5.15. The zero-order valence-electron chi connectivity index (χ0n) is 13.3. The highest BCUT2D eigenvalue weighted by atomic mass is 16.5. The Balaban J connectivity index is 1.74. The maximum absolute atomic E-state index is 11.6. The van der Waals surface area contributed by atoms with Crippen LogP contribution in [-0.4, -0.2) is 18.7 Å². The highest BCUT2D eigenvalue weighted by molar-refractivity contribution is 5.92. The van der Waals surface area contributed by atoms with Crippen molar-refractivity contribution in [2.45, 2.75) is 32.6 Å². The van der Waals surface area contributed by atoms with Gasteiger partial charge in [0.2, 0.25) is 0 Å². The van der Waals surface area contributed by atoms with Crippen LogP contribution in [0.4, 0.5) is 0 Å². The third kappa shape index (κ3) is 5.98. The summed E-state index contributed by atoms with van der Waals surface area (Å²) < 4.78 is 10.6. The molecule has 0 aliphatic rings. The van der Waals surface area contributed by atoms with Crippen LogP contribution in [0.15, 0.2) is 52.2 Å². The Bertz CT molecular complexity index is 604. The fourth-order valence-electron chi connectivity index (χ4n) is 2.00. The molecular weight excluding hydrogens is 292 g/mol. The molecule has 2 aromatic rings. The fraction of sp³-hybridized carbons (Fsp3) is 0.333. The summed E-state index contributed by atoms with van der Waals surface area (Å²) in [6.07, 6.45) is 7.78. The summed E-state index contributed by atoms with van der Waals surface area (Å²) in [7, 11) is 0. The number of carbonyl (C=O) groups is 1. The van der Waals surface area contributed by atoms with Crippen LogP contribution in [-0.2, 0) is 0 Å². The predicted octanol–water partition coefficient (Wildman–Crippen LogP) is 4.00. The number of nitrogens with zero attached hydrogens (tertiary/aromatic N) is 1. The molecule has 0 saturated carbocycles. The van der Waals surface area contributed by atoms with E-state index in [0.717, 1.165) is 24.3 Å². The minimum atomic E-state index is -0.377. The van der Waals surface area contributed by atoms with Crippen LogP contribution >= 0.6 is 0 Å². The molecule has 0 spiro atoms. The molecule has 0 saturated heterocycles. The fourth-order valence-corrected chi connectivity index (χ4v) is 2.00. The number of unbranched alkanes of at least 4 members (excludes halogenated alkanes) is 3. The first kappa shape index (κ1) is 16.8. The highest BCUT2D eigenvalue weighted by Crippen LogP contribution is 2.12. The highest BCUT2D eigenvalue weighted by Gasteiger charge is 2.05. The topological polar surface area (TPSA) is 63.8 Å². The molecule has 23 heavy (non-hydrogen) atoms. The van der Waals surface area contributed by atoms with Crippen LogP contribution < -0.4 is 10.2 Å². The average molecular weight is 314 g/mol. The zero-order chi connectivity index (χ0) is 16.3. The molecule has 0 bridgehead atoms. The standard InChI is InChI=1S/C18H22N2O3/c1-2-3-4-5-12-22-16-10-8-15(9-11-16)14-19-20-18(21)17-7-6-13-23-17/h6-11,13-14H,2-5,12H2,1H3,(H,20,21)/b19-14+. The van der Waals surface area contributed by atoms with Gasteiger partial charge in [0, 0.05) is 0 Å². The molecule has 1 amide bonds. The van der Waals surface area contributed by atoms with Crippen molar-refractivity contribution in [3.05, 3.63) is 54.0 Å². The number of ether oxygens (including phenoxy) is 1. The summed E-state index contributed by atoms with van der Waals surface area (Å²) in [5.74, 6) is 0.700. The van der Waals surface area contributed by atoms with Crippen LogP contribution in [0.1, 0.15) is 48.7 Å². The van der Waals surface area contributed by atoms with Gasteiger partial charge in [-0.3, -0.25) is 4.79 Å². The van der Waals surface area contributed by atoms with Crippen molar-refractivity contribution >= 4 is 12.1 Å². The first-order valence-corrected chi connectivity index (χ1v) is 7.89. The first-order chi connectivity index (χ1) is 11.3. The summed E-state index contributed by atoms with van der Waals surface area (Å²) in [6.45, 7) is 2.94. The smallest absolute Gasteiger partial charge is 0.307 e. The van der Waals surface area contributed by atoms with Gasteiger partial charge in [-0.1, -0.05) is 26.2 Å². The van der Waals surface area contributed by atoms with Crippen molar-refractivity contribution in [1.29, 1.82) is 0 Å². The quantitative estimate of drug-likeness (QED) is 0.432. The Morgan fingerprint density at radius 3 is 2.74 bits per heavy atom. The second kappa shape index (κ2) is 9.46. The Morgan fingerprint density at radius 1 is 1.22 bits per heavy atom. The van der Waals surface area contributed by atoms with E-state index in [9.17, 15) is 4.79 Å². The minimum absolute atomic E-state index is 0.231. The third-order valence-corrected chi connectivity index (χ3v) is 3.27. The van der Waals surface area contributed by atoms with Crippen LogP contribution in [0.25, 0.3) is 0 Å². The van der Waals surface area contributed by atoms with Gasteiger partial charge in [-0.05, 0) is 48.4 Å². The lowest BCUT2D eigenvalue weighted by Crippen LogP contribution is -2.16. The van der Waals surface area contributed by atoms with Gasteiger partial charge in [0.05, 0.1) is 19.1 Å². The lowest BCUT2D eigenvalue weighted by Gasteiger charge is -2.05. The van der Waals surface area contributed by atoms with Gasteiger partial charge < -0.3 is 9.15 Å². The number of nitrogens with one attached hydrogen (secondary N) is 1. The van der Waals surface area contributed by atoms with Crippen molar-refractivity contribution in [2.24, 2.45) is 5.10 Å². The minimum Gasteiger partial charge on any atom is -0.494 e. The summed E-state index contributed by atoms with van der Waals surface area (Å²) in [5.41, 5.74) is 3.29. The number of hydrogen-bond donors (Lipinski definition) is 1. The van der Waals surface area contributed by atoms with Crippen LogP contribution in [0.2, 0.25) is 0 Å². The maximum atomic E-state index is 11.6. The molecule has 0 radical (unpaired) electrons. The largest absolute Gasteiger partial charge is 0.494 e. The number of benzene rings is 1. The van der Waals surface area contributed by atoms with Gasteiger partial charge in [-0.2, -0.15) is 5.10 Å². The Morgan fingerprint density at radius 2 is 2.04 bits per heavy atom. The molecule has 1 heterocycles. The van der Waals surface area contributed by atoms with E-state index in [2.05, 4.69) is 17.5 Å². The molecule has 2 rings (SSSR count). The molecule has 5 heteroatoms. The number of hydrazone groups is 1. The molecule has 5 nitrogen and oxygen atoms in total. The lowest BCUT2D eigenvalue weighted by atomic mass is 10.2. The van der Waals surface area contributed by atoms with E-state index in [-0.39, 0.29) is 11.7 Å². The van der Waals surface area contributed by atoms with E-state index in [4.69, 9.17) is 9.15 Å². The van der Waals surface area contributed by atoms with E-state index >= 15 is 0 Å². The number of rotatable bonds is 9. The van der Waals surface area contributed by atoms with Crippen LogP contribution in [0, 0.1) is 0 Å². The molecule has 1 aromatic heterocycles. The van der Waals surface area contributed by atoms with E-state index < -0.39 is 0 Å². The Labute approximate surface area is 136 Å². The van der Waals surface area contributed by atoms with Crippen LogP contribution in [0.5, 0.6) is 5.75 Å². The molecule has 1 aromatic carbocycles. The number of amides is 1. The molecule has 122 valence electrons. The third-order valence-electron chi connectivity index (χ3n) is 3.27. The molecule has 0 aliphatic carbocycles. The summed E-state index contributed by atoms with van der Waals surface area (Å²) >= 11 is 0. The Hall–Kier alpha value is -2.56. The summed E-state index contributed by atoms with van der Waals surface area (Å²) in [6, 6.07) is 10.8. The SMILES string of the molecule is CCCCCCOc1ccc(/C=N/NC(=O)c2ccco2)cc1. The first-order valence-electron chi connectivity index (χ1n) is 7.89. The molecule has 0 unspecified atom stereocenters. The van der Waals surface area contributed by atoms with E-state index in [1.54, 1.807) is 18.3 Å². The summed E-state index contributed by atoms with van der Waals surface area (Å²) in [4.78, 5) is 11.6. The summed E-state index contributed by atoms with van der Waals surface area (Å²) in [5, 5.41) is 3.90. The van der Waals surface area contributed by atoms with Gasteiger partial charge in [0.1, 0.15) is 5.75 Å². The van der Waals surface area contributed by atoms with E-state index in [1.165, 1.54) is 25.5 Å². The number of furan rings is 1. The number of hydrogen-bond acceptors (Lipinski definition) is 4. The predicted molar refractivity (Wildman–Crippen MR) is 89.8 cm³/mol. The van der Waals surface area contributed by atoms with Crippen molar-refractivity contribution in [3.63, 3.8) is 0 Å². The molecular formula is C18H22N2O3. The van der Waals surface area contributed by atoms with Gasteiger partial charge in [-0.25, -0.2) is 5.43 Å². The van der Waals surface area contributed by atoms with Crippen molar-refractivity contribution in [3.8, 4) is 5.75 Å². The molecule has 0 fully saturated rings. The van der Waals surface area contributed by atoms with Crippen molar-refractivity contribution in [2.75, 3.05) is 6.61 Å². The van der Waals surface area contributed by atoms with Gasteiger partial charge in [0.25, 0.3) is 0 Å². The van der Waals surface area contributed by atoms with Gasteiger partial charge in [-0.15, -0.1) is 0 Å². The molecule has 1 N–H and O–H groups in total. The van der Waals surface area contributed by atoms with E-state index in [1.807, 2.05) is 24.3 Å². The van der Waals surface area contributed by atoms with Gasteiger partial charge >= 0.3 is 5.91 Å². The average Bonchev–Trinajstić information content (AvgIpc) is 3.10. The Kier molecular flexibility index (Phi) is 6.91. The van der Waals surface area contributed by atoms with Crippen molar-refractivity contribution in [1.82, 2.24) is 5.43 Å². The monoisotopic (exact) mass is 314 g/mol. The molecule has 0 atom stereocenters. The maximum Gasteiger partial charge on any atom is 0.307 e. The van der Waals surface area contributed by atoms with Crippen molar-refractivity contribution < 1.29 is 13.9 Å². The van der Waals surface area contributed by atoms with E-state index in [0.29, 0.717) is 0 Å². The molecule has 0 aliphatic heterocycles. The number of carbonyl (C=O) groups excluding carboxylic acids is 1. The zero-order valence-corrected chi connectivity index (χ0v) is 13.3. The van der Waals surface area contributed by atoms with Gasteiger partial charge in [0.15, 0.2) is 5.76 Å². The van der Waals surface area contributed by atoms with Crippen LogP contribution in [0.3, 0.4) is 0 Å². The second-order valence-corrected chi connectivity index (χ2v) is 5.15. The lowest BCUT2D eigenvalue weighted by molar-refractivity contribution is 0.0927.